The summed E-state index contributed by atoms with van der Waals surface area (Å²) in [6.07, 6.45) is 1.86. The van der Waals surface area contributed by atoms with Crippen LogP contribution in [-0.4, -0.2) is 12.8 Å². The zero-order valence-electron chi connectivity index (χ0n) is 10.4. The van der Waals surface area contributed by atoms with E-state index in [2.05, 4.69) is 49.6 Å². The van der Waals surface area contributed by atoms with E-state index in [-0.39, 0.29) is 0 Å². The Kier molecular flexibility index (Phi) is 5.39. The summed E-state index contributed by atoms with van der Waals surface area (Å²) >= 11 is 5.76. The topological polar surface area (TPSA) is 21.6 Å². The molecule has 2 aromatic carbocycles. The second-order valence-electron chi connectivity index (χ2n) is 3.83. The lowest BCUT2D eigenvalue weighted by Crippen LogP contribution is -1.94. The van der Waals surface area contributed by atoms with Gasteiger partial charge in [-0.05, 0) is 81.3 Å². The maximum absolute atomic E-state index is 5.51. The molecule has 0 heterocycles. The molecule has 0 amide bonds. The number of halogens is 2. The normalized spacial score (nSPS) is 10.9. The lowest BCUT2D eigenvalue weighted by atomic mass is 10.2. The van der Waals surface area contributed by atoms with Gasteiger partial charge in [0.25, 0.3) is 0 Å². The van der Waals surface area contributed by atoms with E-state index in [1.807, 2.05) is 49.5 Å². The van der Waals surface area contributed by atoms with E-state index in [4.69, 9.17) is 4.74 Å². The van der Waals surface area contributed by atoms with E-state index in [0.717, 1.165) is 25.0 Å². The van der Waals surface area contributed by atoms with Crippen molar-refractivity contribution in [1.82, 2.24) is 0 Å². The number of para-hydroxylation sites is 1. The van der Waals surface area contributed by atoms with Crippen LogP contribution >= 0.6 is 38.5 Å². The molecule has 0 aromatic heterocycles. The number of benzene rings is 2. The van der Waals surface area contributed by atoms with Crippen LogP contribution < -0.4 is 4.74 Å². The lowest BCUT2D eigenvalue weighted by molar-refractivity contribution is 0.338. The molecule has 2 rings (SSSR count). The Bertz CT molecular complexity index is 598. The lowest BCUT2D eigenvalue weighted by Gasteiger charge is -2.05. The Morgan fingerprint density at radius 3 is 2.74 bits per heavy atom. The highest BCUT2D eigenvalue weighted by molar-refractivity contribution is 14.1. The molecule has 0 N–H and O–H groups in total. The van der Waals surface area contributed by atoms with Crippen molar-refractivity contribution in [3.63, 3.8) is 0 Å². The van der Waals surface area contributed by atoms with E-state index >= 15 is 0 Å². The van der Waals surface area contributed by atoms with Gasteiger partial charge in [0.1, 0.15) is 5.75 Å². The minimum Gasteiger partial charge on any atom is -0.493 e. The highest BCUT2D eigenvalue weighted by Crippen LogP contribution is 2.25. The molecule has 0 aliphatic rings. The standard InChI is InChI=1S/C15H13BrINO/c1-2-19-15-8-7-11(9-13(15)17)10-18-14-6-4-3-5-12(14)16/h3-10H,2H2,1H3. The molecule has 19 heavy (non-hydrogen) atoms. The molecular weight excluding hydrogens is 417 g/mol. The summed E-state index contributed by atoms with van der Waals surface area (Å²) in [7, 11) is 0. The summed E-state index contributed by atoms with van der Waals surface area (Å²) < 4.78 is 7.60. The Morgan fingerprint density at radius 2 is 2.05 bits per heavy atom. The molecular formula is C15H13BrINO. The zero-order valence-corrected chi connectivity index (χ0v) is 14.2. The maximum Gasteiger partial charge on any atom is 0.132 e. The molecule has 0 radical (unpaired) electrons. The number of aliphatic imine (C=N–C) groups is 1. The van der Waals surface area contributed by atoms with Crippen LogP contribution in [0.1, 0.15) is 12.5 Å². The van der Waals surface area contributed by atoms with Gasteiger partial charge in [-0.3, -0.25) is 4.99 Å². The molecule has 0 spiro atoms. The molecule has 0 saturated heterocycles. The number of rotatable bonds is 4. The monoisotopic (exact) mass is 429 g/mol. The molecule has 0 saturated carbocycles. The Hall–Kier alpha value is -0.880. The third kappa shape index (κ3) is 4.04. The van der Waals surface area contributed by atoms with Crippen LogP contribution in [0.3, 0.4) is 0 Å². The molecule has 0 atom stereocenters. The average Bonchev–Trinajstić information content (AvgIpc) is 2.41. The van der Waals surface area contributed by atoms with Crippen molar-refractivity contribution < 1.29 is 4.74 Å². The van der Waals surface area contributed by atoms with Crippen LogP contribution in [-0.2, 0) is 0 Å². The largest absolute Gasteiger partial charge is 0.493 e. The van der Waals surface area contributed by atoms with E-state index in [9.17, 15) is 0 Å². The van der Waals surface area contributed by atoms with Gasteiger partial charge in [-0.1, -0.05) is 12.1 Å². The first-order valence-corrected chi connectivity index (χ1v) is 7.79. The van der Waals surface area contributed by atoms with Gasteiger partial charge in [-0.25, -0.2) is 0 Å². The third-order valence-corrected chi connectivity index (χ3v) is 3.97. The van der Waals surface area contributed by atoms with Gasteiger partial charge >= 0.3 is 0 Å². The summed E-state index contributed by atoms with van der Waals surface area (Å²) in [4.78, 5) is 4.48. The zero-order chi connectivity index (χ0) is 13.7. The van der Waals surface area contributed by atoms with E-state index in [1.165, 1.54) is 0 Å². The van der Waals surface area contributed by atoms with Crippen LogP contribution in [0.25, 0.3) is 0 Å². The van der Waals surface area contributed by atoms with Crippen molar-refractivity contribution in [3.8, 4) is 5.75 Å². The van der Waals surface area contributed by atoms with Gasteiger partial charge in [0.05, 0.1) is 15.9 Å². The molecule has 0 aliphatic carbocycles. The van der Waals surface area contributed by atoms with Crippen molar-refractivity contribution in [2.45, 2.75) is 6.92 Å². The first-order valence-electron chi connectivity index (χ1n) is 5.91. The molecule has 0 aliphatic heterocycles. The molecule has 2 nitrogen and oxygen atoms in total. The second kappa shape index (κ2) is 7.05. The summed E-state index contributed by atoms with van der Waals surface area (Å²) in [5.41, 5.74) is 1.98. The molecule has 0 fully saturated rings. The summed E-state index contributed by atoms with van der Waals surface area (Å²) in [6.45, 7) is 2.67. The van der Waals surface area contributed by atoms with Gasteiger partial charge in [0, 0.05) is 10.7 Å². The van der Waals surface area contributed by atoms with Gasteiger partial charge in [0.2, 0.25) is 0 Å². The van der Waals surface area contributed by atoms with Crippen LogP contribution in [0, 0.1) is 3.57 Å². The molecule has 0 bridgehead atoms. The molecule has 4 heteroatoms. The number of nitrogens with zero attached hydrogens (tertiary/aromatic N) is 1. The summed E-state index contributed by atoms with van der Waals surface area (Å²) in [5, 5.41) is 0. The Morgan fingerprint density at radius 1 is 1.26 bits per heavy atom. The van der Waals surface area contributed by atoms with Gasteiger partial charge in [-0.2, -0.15) is 0 Å². The SMILES string of the molecule is CCOc1ccc(C=Nc2ccccc2Br)cc1I. The number of hydrogen-bond acceptors (Lipinski definition) is 2. The number of hydrogen-bond donors (Lipinski definition) is 0. The minimum atomic E-state index is 0.681. The van der Waals surface area contributed by atoms with Crippen molar-refractivity contribution in [2.75, 3.05) is 6.61 Å². The third-order valence-electron chi connectivity index (χ3n) is 2.46. The Balaban J connectivity index is 2.20. The predicted octanol–water partition coefficient (Wildman–Crippen LogP) is 5.20. The highest BCUT2D eigenvalue weighted by Gasteiger charge is 2.01. The highest BCUT2D eigenvalue weighted by atomic mass is 127. The van der Waals surface area contributed by atoms with Gasteiger partial charge < -0.3 is 4.74 Å². The van der Waals surface area contributed by atoms with Crippen molar-refractivity contribution in [3.05, 3.63) is 56.1 Å². The van der Waals surface area contributed by atoms with Crippen LogP contribution in [0.2, 0.25) is 0 Å². The van der Waals surface area contributed by atoms with E-state index in [1.54, 1.807) is 0 Å². The quantitative estimate of drug-likeness (QED) is 0.483. The Labute approximate surface area is 135 Å². The van der Waals surface area contributed by atoms with Crippen molar-refractivity contribution in [1.29, 1.82) is 0 Å². The van der Waals surface area contributed by atoms with Crippen LogP contribution in [0.5, 0.6) is 5.75 Å². The minimum absolute atomic E-state index is 0.681. The smallest absolute Gasteiger partial charge is 0.132 e. The van der Waals surface area contributed by atoms with E-state index < -0.39 is 0 Å². The van der Waals surface area contributed by atoms with E-state index in [0.29, 0.717) is 6.61 Å². The maximum atomic E-state index is 5.51. The first kappa shape index (κ1) is 14.5. The fourth-order valence-corrected chi connectivity index (χ4v) is 2.65. The number of ether oxygens (including phenoxy) is 1. The average molecular weight is 430 g/mol. The summed E-state index contributed by atoms with van der Waals surface area (Å²) in [6, 6.07) is 13.9. The van der Waals surface area contributed by atoms with Gasteiger partial charge in [0.15, 0.2) is 0 Å². The second-order valence-corrected chi connectivity index (χ2v) is 5.85. The van der Waals surface area contributed by atoms with Crippen LogP contribution in [0.4, 0.5) is 5.69 Å². The first-order chi connectivity index (χ1) is 9.20. The summed E-state index contributed by atoms with van der Waals surface area (Å²) in [5.74, 6) is 0.918. The molecule has 0 unspecified atom stereocenters. The molecule has 98 valence electrons. The molecule has 2 aromatic rings. The fourth-order valence-electron chi connectivity index (χ4n) is 1.57. The predicted molar refractivity (Wildman–Crippen MR) is 91.7 cm³/mol. The van der Waals surface area contributed by atoms with Gasteiger partial charge in [-0.15, -0.1) is 0 Å². The van der Waals surface area contributed by atoms with Crippen molar-refractivity contribution in [2.24, 2.45) is 4.99 Å². The van der Waals surface area contributed by atoms with Crippen molar-refractivity contribution >= 4 is 50.4 Å². The van der Waals surface area contributed by atoms with Crippen LogP contribution in [0.15, 0.2) is 51.9 Å². The fraction of sp³-hybridized carbons (Fsp3) is 0.133.